The van der Waals surface area contributed by atoms with E-state index in [4.69, 9.17) is 0 Å². The third-order valence-electron chi connectivity index (χ3n) is 5.70. The van der Waals surface area contributed by atoms with Gasteiger partial charge in [0.25, 0.3) is 0 Å². The number of aryl methyl sites for hydroxylation is 3. The third kappa shape index (κ3) is 2.69. The Morgan fingerprint density at radius 3 is 2.39 bits per heavy atom. The van der Waals surface area contributed by atoms with Crippen LogP contribution in [0.4, 0.5) is 0 Å². The zero-order chi connectivity index (χ0) is 19.3. The van der Waals surface area contributed by atoms with Crippen molar-refractivity contribution in [1.82, 2.24) is 9.38 Å². The molecule has 0 aliphatic carbocycles. The second-order valence-electron chi connectivity index (χ2n) is 7.60. The fraction of sp³-hybridized carbons (Fsp3) is 0.115. The van der Waals surface area contributed by atoms with Crippen molar-refractivity contribution in [3.05, 3.63) is 95.8 Å². The summed E-state index contributed by atoms with van der Waals surface area (Å²) < 4.78 is 2.25. The van der Waals surface area contributed by atoms with E-state index in [0.29, 0.717) is 0 Å². The van der Waals surface area contributed by atoms with Crippen molar-refractivity contribution in [3.8, 4) is 22.4 Å². The maximum absolute atomic E-state index is 4.68. The summed E-state index contributed by atoms with van der Waals surface area (Å²) in [6.45, 7) is 6.40. The fourth-order valence-electron chi connectivity index (χ4n) is 3.87. The van der Waals surface area contributed by atoms with Crippen LogP contribution in [0.5, 0.6) is 0 Å². The second kappa shape index (κ2) is 6.35. The van der Waals surface area contributed by atoms with E-state index >= 15 is 0 Å². The zero-order valence-corrected chi connectivity index (χ0v) is 16.4. The standard InChI is InChI=1S/C26H22N2/c1-17-8-9-20(15-24(17)25-12-18(2)19(3)16-27-25)21-10-11-28-23(13-21)14-22-6-4-5-7-26(22)28/h4-16H,1-3H3. The highest BCUT2D eigenvalue weighted by Gasteiger charge is 2.09. The fourth-order valence-corrected chi connectivity index (χ4v) is 3.87. The van der Waals surface area contributed by atoms with Crippen molar-refractivity contribution in [3.63, 3.8) is 0 Å². The minimum Gasteiger partial charge on any atom is -0.317 e. The average molecular weight is 362 g/mol. The van der Waals surface area contributed by atoms with E-state index in [1.54, 1.807) is 0 Å². The summed E-state index contributed by atoms with van der Waals surface area (Å²) in [5, 5.41) is 1.27. The predicted octanol–water partition coefficient (Wildman–Crippen LogP) is 6.75. The molecule has 0 amide bonds. The molecule has 0 fully saturated rings. The van der Waals surface area contributed by atoms with Gasteiger partial charge in [-0.25, -0.2) is 0 Å². The molecule has 0 bridgehead atoms. The summed E-state index contributed by atoms with van der Waals surface area (Å²) in [5.41, 5.74) is 10.9. The molecule has 0 aliphatic rings. The first-order valence-electron chi connectivity index (χ1n) is 9.65. The lowest BCUT2D eigenvalue weighted by molar-refractivity contribution is 1.21. The smallest absolute Gasteiger partial charge is 0.0707 e. The van der Waals surface area contributed by atoms with Gasteiger partial charge in [-0.3, -0.25) is 4.98 Å². The van der Waals surface area contributed by atoms with Crippen molar-refractivity contribution in [1.29, 1.82) is 0 Å². The summed E-state index contributed by atoms with van der Waals surface area (Å²) in [6.07, 6.45) is 4.13. The van der Waals surface area contributed by atoms with Gasteiger partial charge >= 0.3 is 0 Å². The molecule has 0 atom stereocenters. The van der Waals surface area contributed by atoms with E-state index < -0.39 is 0 Å². The van der Waals surface area contributed by atoms with Gasteiger partial charge in [-0.2, -0.15) is 0 Å². The lowest BCUT2D eigenvalue weighted by Gasteiger charge is -2.11. The van der Waals surface area contributed by atoms with E-state index in [2.05, 4.69) is 103 Å². The quantitative estimate of drug-likeness (QED) is 0.340. The van der Waals surface area contributed by atoms with Crippen LogP contribution in [-0.4, -0.2) is 9.38 Å². The lowest BCUT2D eigenvalue weighted by atomic mass is 9.97. The van der Waals surface area contributed by atoms with Crippen LogP contribution in [0.2, 0.25) is 0 Å². The summed E-state index contributed by atoms with van der Waals surface area (Å²) >= 11 is 0. The van der Waals surface area contributed by atoms with E-state index in [1.165, 1.54) is 49.8 Å². The Bertz CT molecular complexity index is 1340. The first-order valence-corrected chi connectivity index (χ1v) is 9.65. The first kappa shape index (κ1) is 16.8. The summed E-state index contributed by atoms with van der Waals surface area (Å²) in [4.78, 5) is 4.68. The molecule has 5 rings (SSSR count). The van der Waals surface area contributed by atoms with Crippen molar-refractivity contribution in [2.45, 2.75) is 20.8 Å². The molecular formula is C26H22N2. The summed E-state index contributed by atoms with van der Waals surface area (Å²) in [7, 11) is 0. The largest absolute Gasteiger partial charge is 0.317 e. The molecule has 3 heterocycles. The average Bonchev–Trinajstić information content (AvgIpc) is 3.08. The van der Waals surface area contributed by atoms with Crippen LogP contribution in [0, 0.1) is 20.8 Å². The normalized spacial score (nSPS) is 11.4. The molecule has 0 spiro atoms. The zero-order valence-electron chi connectivity index (χ0n) is 16.4. The van der Waals surface area contributed by atoms with Crippen LogP contribution in [0.3, 0.4) is 0 Å². The molecule has 0 N–H and O–H groups in total. The molecular weight excluding hydrogens is 340 g/mol. The number of aromatic nitrogens is 2. The predicted molar refractivity (Wildman–Crippen MR) is 118 cm³/mol. The van der Waals surface area contributed by atoms with E-state index in [0.717, 1.165) is 5.69 Å². The van der Waals surface area contributed by atoms with Gasteiger partial charge in [0.15, 0.2) is 0 Å². The Morgan fingerprint density at radius 2 is 1.54 bits per heavy atom. The highest BCUT2D eigenvalue weighted by molar-refractivity contribution is 5.88. The Balaban J connectivity index is 1.65. The SMILES string of the molecule is Cc1cnc(-c2cc(-c3ccn4c(c3)cc3ccccc34)ccc2C)cc1C. The minimum atomic E-state index is 1.04. The number of hydrogen-bond donors (Lipinski definition) is 0. The van der Waals surface area contributed by atoms with E-state index in [1.807, 2.05) is 6.20 Å². The van der Waals surface area contributed by atoms with Gasteiger partial charge in [-0.05, 0) is 85.0 Å². The van der Waals surface area contributed by atoms with Gasteiger partial charge in [0, 0.05) is 28.9 Å². The molecule has 0 saturated carbocycles. The molecule has 0 radical (unpaired) electrons. The topological polar surface area (TPSA) is 17.3 Å². The molecule has 2 heteroatoms. The van der Waals surface area contributed by atoms with Crippen LogP contribution in [0.15, 0.2) is 79.1 Å². The number of nitrogens with zero attached hydrogens (tertiary/aromatic N) is 2. The number of fused-ring (bicyclic) bond motifs is 3. The molecule has 136 valence electrons. The van der Waals surface area contributed by atoms with Gasteiger partial charge in [0.1, 0.15) is 0 Å². The Labute approximate surface area is 165 Å². The number of hydrogen-bond acceptors (Lipinski definition) is 1. The van der Waals surface area contributed by atoms with Crippen molar-refractivity contribution < 1.29 is 0 Å². The van der Waals surface area contributed by atoms with Gasteiger partial charge in [0.2, 0.25) is 0 Å². The molecule has 0 unspecified atom stereocenters. The van der Waals surface area contributed by atoms with Gasteiger partial charge in [-0.1, -0.05) is 30.3 Å². The third-order valence-corrected chi connectivity index (χ3v) is 5.70. The van der Waals surface area contributed by atoms with Gasteiger partial charge < -0.3 is 4.40 Å². The van der Waals surface area contributed by atoms with Crippen LogP contribution in [0.25, 0.3) is 38.8 Å². The van der Waals surface area contributed by atoms with Gasteiger partial charge in [-0.15, -0.1) is 0 Å². The maximum Gasteiger partial charge on any atom is 0.0707 e. The molecule has 5 aromatic rings. The van der Waals surface area contributed by atoms with E-state index in [9.17, 15) is 0 Å². The molecule has 0 saturated heterocycles. The maximum atomic E-state index is 4.68. The van der Waals surface area contributed by atoms with Crippen molar-refractivity contribution >= 4 is 16.4 Å². The monoisotopic (exact) mass is 362 g/mol. The molecule has 2 nitrogen and oxygen atoms in total. The highest BCUT2D eigenvalue weighted by Crippen LogP contribution is 2.31. The highest BCUT2D eigenvalue weighted by atomic mass is 14.9. The lowest BCUT2D eigenvalue weighted by Crippen LogP contribution is -1.92. The molecule has 2 aromatic carbocycles. The van der Waals surface area contributed by atoms with Crippen LogP contribution >= 0.6 is 0 Å². The second-order valence-corrected chi connectivity index (χ2v) is 7.60. The Kier molecular flexibility index (Phi) is 3.80. The van der Waals surface area contributed by atoms with Crippen LogP contribution in [-0.2, 0) is 0 Å². The van der Waals surface area contributed by atoms with Gasteiger partial charge in [0.05, 0.1) is 11.2 Å². The molecule has 28 heavy (non-hydrogen) atoms. The minimum absolute atomic E-state index is 1.04. The summed E-state index contributed by atoms with van der Waals surface area (Å²) in [6, 6.07) is 24.1. The van der Waals surface area contributed by atoms with Crippen molar-refractivity contribution in [2.24, 2.45) is 0 Å². The Morgan fingerprint density at radius 1 is 0.714 bits per heavy atom. The number of benzene rings is 2. The summed E-state index contributed by atoms with van der Waals surface area (Å²) in [5.74, 6) is 0. The van der Waals surface area contributed by atoms with Crippen molar-refractivity contribution in [2.75, 3.05) is 0 Å². The Hall–Kier alpha value is -3.39. The number of para-hydroxylation sites is 1. The molecule has 0 aliphatic heterocycles. The number of rotatable bonds is 2. The van der Waals surface area contributed by atoms with Crippen LogP contribution in [0.1, 0.15) is 16.7 Å². The van der Waals surface area contributed by atoms with Crippen LogP contribution < -0.4 is 0 Å². The number of pyridine rings is 2. The van der Waals surface area contributed by atoms with E-state index in [-0.39, 0.29) is 0 Å². The molecule has 3 aromatic heterocycles. The first-order chi connectivity index (χ1) is 13.6.